The second kappa shape index (κ2) is 6.01. The Morgan fingerprint density at radius 1 is 1.42 bits per heavy atom. The smallest absolute Gasteiger partial charge is 0.368 e. The highest BCUT2D eigenvalue weighted by Gasteiger charge is 2.36. The van der Waals surface area contributed by atoms with Crippen molar-refractivity contribution in [1.29, 1.82) is 0 Å². The third kappa shape index (κ3) is 3.92. The van der Waals surface area contributed by atoms with Crippen molar-refractivity contribution in [3.8, 4) is 0 Å². The maximum Gasteiger partial charge on any atom is 0.416 e. The number of primary amides is 1. The molecule has 1 unspecified atom stereocenters. The van der Waals surface area contributed by atoms with Gasteiger partial charge in [-0.2, -0.15) is 13.2 Å². The van der Waals surface area contributed by atoms with Crippen molar-refractivity contribution in [3.05, 3.63) is 35.1 Å². The molecule has 1 rings (SSSR count). The number of hydrogen-bond donors (Lipinski definition) is 2. The summed E-state index contributed by atoms with van der Waals surface area (Å²) in [4.78, 5) is 11.3. The Kier molecular flexibility index (Phi) is 4.88. The Balaban J connectivity index is 3.26. The van der Waals surface area contributed by atoms with E-state index in [9.17, 15) is 22.4 Å². The van der Waals surface area contributed by atoms with Gasteiger partial charge in [0.05, 0.1) is 5.56 Å². The lowest BCUT2D eigenvalue weighted by Crippen LogP contribution is -2.35. The van der Waals surface area contributed by atoms with Gasteiger partial charge < -0.3 is 11.1 Å². The number of benzene rings is 1. The van der Waals surface area contributed by atoms with Gasteiger partial charge in [-0.3, -0.25) is 4.79 Å². The lowest BCUT2D eigenvalue weighted by Gasteiger charge is -2.20. The summed E-state index contributed by atoms with van der Waals surface area (Å²) in [5.41, 5.74) is 3.54. The van der Waals surface area contributed by atoms with E-state index in [4.69, 9.17) is 5.73 Å². The van der Waals surface area contributed by atoms with Crippen LogP contribution in [0.25, 0.3) is 0 Å². The first-order valence-corrected chi connectivity index (χ1v) is 5.66. The molecule has 3 nitrogen and oxygen atoms in total. The SMILES string of the molecule is CCCNC(C(N)=O)c1ccc(F)cc1C(F)(F)F. The second-order valence-electron chi connectivity index (χ2n) is 4.02. The zero-order chi connectivity index (χ0) is 14.6. The molecule has 0 heterocycles. The van der Waals surface area contributed by atoms with Gasteiger partial charge in [0.2, 0.25) is 5.91 Å². The lowest BCUT2D eigenvalue weighted by atomic mass is 9.99. The molecule has 0 aliphatic rings. The van der Waals surface area contributed by atoms with Crippen molar-refractivity contribution in [2.24, 2.45) is 5.73 Å². The fourth-order valence-corrected chi connectivity index (χ4v) is 1.68. The van der Waals surface area contributed by atoms with E-state index in [2.05, 4.69) is 5.32 Å². The summed E-state index contributed by atoms with van der Waals surface area (Å²) in [6.45, 7) is 2.11. The standard InChI is InChI=1S/C12H14F4N2O/c1-2-5-18-10(11(17)19)8-4-3-7(13)6-9(8)12(14,15)16/h3-4,6,10,18H,2,5H2,1H3,(H2,17,19). The predicted molar refractivity (Wildman–Crippen MR) is 61.6 cm³/mol. The molecule has 0 aromatic heterocycles. The number of carbonyl (C=O) groups is 1. The summed E-state index contributed by atoms with van der Waals surface area (Å²) in [6, 6.07) is 0.862. The number of alkyl halides is 3. The third-order valence-electron chi connectivity index (χ3n) is 2.51. The highest BCUT2D eigenvalue weighted by molar-refractivity contribution is 5.82. The summed E-state index contributed by atoms with van der Waals surface area (Å²) < 4.78 is 51.4. The van der Waals surface area contributed by atoms with Gasteiger partial charge in [0, 0.05) is 0 Å². The zero-order valence-electron chi connectivity index (χ0n) is 10.2. The normalized spacial score (nSPS) is 13.3. The highest BCUT2D eigenvalue weighted by atomic mass is 19.4. The average Bonchev–Trinajstić information content (AvgIpc) is 2.29. The molecule has 1 aromatic carbocycles. The summed E-state index contributed by atoms with van der Waals surface area (Å²) in [6.07, 6.45) is -4.13. The number of nitrogens with one attached hydrogen (secondary N) is 1. The molecule has 0 saturated heterocycles. The molecule has 3 N–H and O–H groups in total. The number of nitrogens with two attached hydrogens (primary N) is 1. The number of amides is 1. The van der Waals surface area contributed by atoms with Crippen LogP contribution in [0.4, 0.5) is 17.6 Å². The van der Waals surface area contributed by atoms with E-state index in [-0.39, 0.29) is 5.56 Å². The van der Waals surface area contributed by atoms with Gasteiger partial charge in [0.1, 0.15) is 11.9 Å². The monoisotopic (exact) mass is 278 g/mol. The predicted octanol–water partition coefficient (Wildman–Crippen LogP) is 2.37. The van der Waals surface area contributed by atoms with Crippen molar-refractivity contribution in [2.75, 3.05) is 6.54 Å². The van der Waals surface area contributed by atoms with Crippen LogP contribution in [0, 0.1) is 5.82 Å². The molecule has 7 heteroatoms. The molecular formula is C12H14F4N2O. The van der Waals surface area contributed by atoms with Crippen LogP contribution in [0.1, 0.15) is 30.5 Å². The first-order valence-electron chi connectivity index (χ1n) is 5.66. The molecule has 19 heavy (non-hydrogen) atoms. The van der Waals surface area contributed by atoms with Gasteiger partial charge in [-0.15, -0.1) is 0 Å². The van der Waals surface area contributed by atoms with E-state index in [1.54, 1.807) is 6.92 Å². The number of rotatable bonds is 5. The maximum absolute atomic E-state index is 13.0. The van der Waals surface area contributed by atoms with Crippen molar-refractivity contribution in [3.63, 3.8) is 0 Å². The molecule has 0 spiro atoms. The van der Waals surface area contributed by atoms with E-state index >= 15 is 0 Å². The van der Waals surface area contributed by atoms with E-state index in [0.717, 1.165) is 12.1 Å². The van der Waals surface area contributed by atoms with Crippen molar-refractivity contribution >= 4 is 5.91 Å². The summed E-state index contributed by atoms with van der Waals surface area (Å²) in [5, 5.41) is 2.62. The first kappa shape index (κ1) is 15.4. The number of halogens is 4. The Labute approximate surface area is 107 Å². The molecule has 0 radical (unpaired) electrons. The third-order valence-corrected chi connectivity index (χ3v) is 2.51. The molecule has 1 aromatic rings. The van der Waals surface area contributed by atoms with Gasteiger partial charge in [-0.25, -0.2) is 4.39 Å². The fourth-order valence-electron chi connectivity index (χ4n) is 1.68. The van der Waals surface area contributed by atoms with Crippen LogP contribution >= 0.6 is 0 Å². The highest BCUT2D eigenvalue weighted by Crippen LogP contribution is 2.35. The fraction of sp³-hybridized carbons (Fsp3) is 0.417. The molecule has 1 amide bonds. The van der Waals surface area contributed by atoms with Crippen LogP contribution in [0.5, 0.6) is 0 Å². The van der Waals surface area contributed by atoms with Crippen LogP contribution in [-0.4, -0.2) is 12.5 Å². The Morgan fingerprint density at radius 2 is 2.05 bits per heavy atom. The Hall–Kier alpha value is -1.63. The largest absolute Gasteiger partial charge is 0.416 e. The van der Waals surface area contributed by atoms with Crippen molar-refractivity contribution in [2.45, 2.75) is 25.6 Å². The second-order valence-corrected chi connectivity index (χ2v) is 4.02. The molecule has 0 bridgehead atoms. The van der Waals surface area contributed by atoms with E-state index < -0.39 is 29.5 Å². The maximum atomic E-state index is 13.0. The van der Waals surface area contributed by atoms with Gasteiger partial charge in [-0.1, -0.05) is 13.0 Å². The molecule has 106 valence electrons. The van der Waals surface area contributed by atoms with Crippen LogP contribution < -0.4 is 11.1 Å². The van der Waals surface area contributed by atoms with Crippen LogP contribution in [0.2, 0.25) is 0 Å². The molecule has 0 aliphatic heterocycles. The number of hydrogen-bond acceptors (Lipinski definition) is 2. The Bertz CT molecular complexity index is 460. The van der Waals surface area contributed by atoms with Crippen LogP contribution in [0.3, 0.4) is 0 Å². The molecular weight excluding hydrogens is 264 g/mol. The lowest BCUT2D eigenvalue weighted by molar-refractivity contribution is -0.138. The topological polar surface area (TPSA) is 55.1 Å². The van der Waals surface area contributed by atoms with Gasteiger partial charge in [0.15, 0.2) is 0 Å². The van der Waals surface area contributed by atoms with E-state index in [1.165, 1.54) is 0 Å². The van der Waals surface area contributed by atoms with Gasteiger partial charge >= 0.3 is 6.18 Å². The Morgan fingerprint density at radius 3 is 2.53 bits per heavy atom. The van der Waals surface area contributed by atoms with Gasteiger partial charge in [0.25, 0.3) is 0 Å². The van der Waals surface area contributed by atoms with Crippen LogP contribution in [0.15, 0.2) is 18.2 Å². The molecule has 0 aliphatic carbocycles. The quantitative estimate of drug-likeness (QED) is 0.812. The zero-order valence-corrected chi connectivity index (χ0v) is 10.2. The van der Waals surface area contributed by atoms with E-state index in [0.29, 0.717) is 19.0 Å². The summed E-state index contributed by atoms with van der Waals surface area (Å²) >= 11 is 0. The van der Waals surface area contributed by atoms with Gasteiger partial charge in [-0.05, 0) is 30.7 Å². The van der Waals surface area contributed by atoms with Crippen molar-refractivity contribution in [1.82, 2.24) is 5.32 Å². The van der Waals surface area contributed by atoms with Crippen LogP contribution in [-0.2, 0) is 11.0 Å². The minimum Gasteiger partial charge on any atom is -0.368 e. The molecule has 0 fully saturated rings. The molecule has 1 atom stereocenters. The first-order chi connectivity index (χ1) is 8.77. The minimum absolute atomic E-state index is 0.322. The summed E-state index contributed by atoms with van der Waals surface area (Å²) in [5.74, 6) is -1.96. The molecule has 0 saturated carbocycles. The summed E-state index contributed by atoms with van der Waals surface area (Å²) in [7, 11) is 0. The minimum atomic E-state index is -4.75. The number of carbonyl (C=O) groups excluding carboxylic acids is 1. The van der Waals surface area contributed by atoms with E-state index in [1.807, 2.05) is 0 Å². The average molecular weight is 278 g/mol. The van der Waals surface area contributed by atoms with Crippen molar-refractivity contribution < 1.29 is 22.4 Å².